The van der Waals surface area contributed by atoms with Crippen molar-refractivity contribution in [3.05, 3.63) is 11.6 Å². The first kappa shape index (κ1) is 16.5. The molecule has 1 aliphatic heterocycles. The van der Waals surface area contributed by atoms with Gasteiger partial charge < -0.3 is 15.3 Å². The second-order valence-electron chi connectivity index (χ2n) is 6.60. The van der Waals surface area contributed by atoms with Crippen LogP contribution in [0, 0.1) is 5.41 Å². The number of urea groups is 1. The number of carboxylic acids is 1. The van der Waals surface area contributed by atoms with Crippen molar-refractivity contribution in [3.8, 4) is 0 Å². The average Bonchev–Trinajstić information content (AvgIpc) is 2.37. The van der Waals surface area contributed by atoms with Gasteiger partial charge in [0.15, 0.2) is 0 Å². The Morgan fingerprint density at radius 3 is 2.30 bits per heavy atom. The zero-order valence-corrected chi connectivity index (χ0v) is 13.1. The SMILES string of the molecule is CCC(C)(NC(=O)N1CC=C(C(C)(C)C)CC1)C(=O)O. The Morgan fingerprint density at radius 2 is 1.95 bits per heavy atom. The zero-order chi connectivity index (χ0) is 15.6. The summed E-state index contributed by atoms with van der Waals surface area (Å²) in [7, 11) is 0. The van der Waals surface area contributed by atoms with Gasteiger partial charge in [0.05, 0.1) is 0 Å². The van der Waals surface area contributed by atoms with E-state index in [0.29, 0.717) is 19.5 Å². The molecule has 0 saturated carbocycles. The van der Waals surface area contributed by atoms with Gasteiger partial charge in [0, 0.05) is 13.1 Å². The second kappa shape index (κ2) is 5.85. The Bertz CT molecular complexity index is 423. The quantitative estimate of drug-likeness (QED) is 0.782. The second-order valence-corrected chi connectivity index (χ2v) is 6.60. The molecule has 2 amide bonds. The molecule has 0 aromatic rings. The van der Waals surface area contributed by atoms with Gasteiger partial charge in [-0.25, -0.2) is 9.59 Å². The van der Waals surface area contributed by atoms with Crippen LogP contribution in [0.15, 0.2) is 11.6 Å². The van der Waals surface area contributed by atoms with Gasteiger partial charge in [-0.2, -0.15) is 0 Å². The van der Waals surface area contributed by atoms with Crippen LogP contribution in [-0.4, -0.2) is 40.6 Å². The Morgan fingerprint density at radius 1 is 1.35 bits per heavy atom. The zero-order valence-electron chi connectivity index (χ0n) is 13.1. The summed E-state index contributed by atoms with van der Waals surface area (Å²) in [6, 6.07) is -0.305. The highest BCUT2D eigenvalue weighted by Crippen LogP contribution is 2.30. The van der Waals surface area contributed by atoms with E-state index in [4.69, 9.17) is 0 Å². The van der Waals surface area contributed by atoms with E-state index >= 15 is 0 Å². The molecule has 114 valence electrons. The largest absolute Gasteiger partial charge is 0.480 e. The molecule has 5 nitrogen and oxygen atoms in total. The van der Waals surface area contributed by atoms with Crippen molar-refractivity contribution in [2.45, 2.75) is 53.0 Å². The minimum Gasteiger partial charge on any atom is -0.480 e. The number of carbonyl (C=O) groups excluding carboxylic acids is 1. The molecule has 5 heteroatoms. The lowest BCUT2D eigenvalue weighted by Gasteiger charge is -2.34. The van der Waals surface area contributed by atoms with Gasteiger partial charge in [0.25, 0.3) is 0 Å². The topological polar surface area (TPSA) is 69.6 Å². The summed E-state index contributed by atoms with van der Waals surface area (Å²) in [4.78, 5) is 25.0. The maximum Gasteiger partial charge on any atom is 0.329 e. The number of carbonyl (C=O) groups is 2. The van der Waals surface area contributed by atoms with Gasteiger partial charge in [-0.3, -0.25) is 0 Å². The van der Waals surface area contributed by atoms with E-state index in [1.807, 2.05) is 0 Å². The Hall–Kier alpha value is -1.52. The molecular weight excluding hydrogens is 256 g/mol. The summed E-state index contributed by atoms with van der Waals surface area (Å²) in [5.74, 6) is -1.00. The predicted octanol–water partition coefficient (Wildman–Crippen LogP) is 2.63. The van der Waals surface area contributed by atoms with Crippen LogP contribution in [0.5, 0.6) is 0 Å². The number of aliphatic carboxylic acids is 1. The lowest BCUT2D eigenvalue weighted by atomic mass is 9.83. The van der Waals surface area contributed by atoms with Crippen LogP contribution in [0.2, 0.25) is 0 Å². The number of hydrogen-bond acceptors (Lipinski definition) is 2. The molecule has 2 N–H and O–H groups in total. The van der Waals surface area contributed by atoms with Gasteiger partial charge in [-0.05, 0) is 25.2 Å². The van der Waals surface area contributed by atoms with Gasteiger partial charge >= 0.3 is 12.0 Å². The first-order valence-electron chi connectivity index (χ1n) is 7.10. The predicted molar refractivity (Wildman–Crippen MR) is 78.6 cm³/mol. The maximum absolute atomic E-state index is 12.2. The minimum absolute atomic E-state index is 0.127. The number of amides is 2. The van der Waals surface area contributed by atoms with Crippen LogP contribution >= 0.6 is 0 Å². The number of carboxylic acid groups (broad SMARTS) is 1. The minimum atomic E-state index is -1.20. The summed E-state index contributed by atoms with van der Waals surface area (Å²) in [5.41, 5.74) is 0.269. The highest BCUT2D eigenvalue weighted by Gasteiger charge is 2.34. The first-order chi connectivity index (χ1) is 9.10. The lowest BCUT2D eigenvalue weighted by Crippen LogP contribution is -2.56. The third kappa shape index (κ3) is 3.74. The molecular formula is C15H26N2O3. The average molecular weight is 282 g/mol. The van der Waals surface area contributed by atoms with Crippen LogP contribution < -0.4 is 5.32 Å². The van der Waals surface area contributed by atoms with E-state index in [9.17, 15) is 14.7 Å². The summed E-state index contributed by atoms with van der Waals surface area (Å²) in [6.45, 7) is 10.9. The number of hydrogen-bond donors (Lipinski definition) is 2. The summed E-state index contributed by atoms with van der Waals surface area (Å²) < 4.78 is 0. The molecule has 0 aromatic carbocycles. The van der Waals surface area contributed by atoms with Crippen molar-refractivity contribution in [1.29, 1.82) is 0 Å². The van der Waals surface area contributed by atoms with Crippen molar-refractivity contribution in [2.75, 3.05) is 13.1 Å². The van der Waals surface area contributed by atoms with Gasteiger partial charge in [0.1, 0.15) is 5.54 Å². The molecule has 0 radical (unpaired) electrons. The van der Waals surface area contributed by atoms with Crippen molar-refractivity contribution < 1.29 is 14.7 Å². The first-order valence-corrected chi connectivity index (χ1v) is 7.10. The lowest BCUT2D eigenvalue weighted by molar-refractivity contribution is -0.143. The fourth-order valence-corrected chi connectivity index (χ4v) is 2.14. The molecule has 1 aliphatic rings. The monoisotopic (exact) mass is 282 g/mol. The molecule has 0 aliphatic carbocycles. The van der Waals surface area contributed by atoms with E-state index < -0.39 is 11.5 Å². The molecule has 0 aromatic heterocycles. The highest BCUT2D eigenvalue weighted by atomic mass is 16.4. The molecule has 0 spiro atoms. The molecule has 0 saturated heterocycles. The normalized spacial score (nSPS) is 19.1. The highest BCUT2D eigenvalue weighted by molar-refractivity contribution is 5.86. The number of nitrogens with one attached hydrogen (secondary N) is 1. The third-order valence-electron chi connectivity index (χ3n) is 4.02. The fraction of sp³-hybridized carbons (Fsp3) is 0.733. The molecule has 1 heterocycles. The van der Waals surface area contributed by atoms with Crippen molar-refractivity contribution in [2.24, 2.45) is 5.41 Å². The molecule has 1 unspecified atom stereocenters. The van der Waals surface area contributed by atoms with E-state index in [-0.39, 0.29) is 11.4 Å². The molecule has 1 atom stereocenters. The van der Waals surface area contributed by atoms with Crippen LogP contribution in [0.25, 0.3) is 0 Å². The van der Waals surface area contributed by atoms with Crippen molar-refractivity contribution in [3.63, 3.8) is 0 Å². The van der Waals surface area contributed by atoms with Crippen molar-refractivity contribution >= 4 is 12.0 Å². The number of rotatable bonds is 3. The van der Waals surface area contributed by atoms with Crippen LogP contribution in [0.1, 0.15) is 47.5 Å². The summed E-state index contributed by atoms with van der Waals surface area (Å²) >= 11 is 0. The fourth-order valence-electron chi connectivity index (χ4n) is 2.14. The Kier molecular flexibility index (Phi) is 4.84. The van der Waals surface area contributed by atoms with Crippen molar-refractivity contribution in [1.82, 2.24) is 10.2 Å². The van der Waals surface area contributed by atoms with E-state index in [1.54, 1.807) is 11.8 Å². The molecule has 0 fully saturated rings. The summed E-state index contributed by atoms with van der Waals surface area (Å²) in [5, 5.41) is 11.8. The Balaban J connectivity index is 2.69. The van der Waals surface area contributed by atoms with E-state index in [1.165, 1.54) is 12.5 Å². The Labute approximate surface area is 121 Å². The van der Waals surface area contributed by atoms with Crippen LogP contribution in [-0.2, 0) is 4.79 Å². The summed E-state index contributed by atoms with van der Waals surface area (Å²) in [6.07, 6.45) is 3.27. The van der Waals surface area contributed by atoms with Gasteiger partial charge in [0.2, 0.25) is 0 Å². The molecule has 0 bridgehead atoms. The van der Waals surface area contributed by atoms with Gasteiger partial charge in [-0.1, -0.05) is 39.3 Å². The maximum atomic E-state index is 12.2. The number of nitrogens with zero attached hydrogens (tertiary/aromatic N) is 1. The third-order valence-corrected chi connectivity index (χ3v) is 4.02. The standard InChI is InChI=1S/C15H26N2O3/c1-6-15(5,12(18)19)16-13(20)17-9-7-11(8-10-17)14(2,3)4/h7H,6,8-10H2,1-5H3,(H,16,20)(H,18,19). The van der Waals surface area contributed by atoms with Crippen LogP contribution in [0.3, 0.4) is 0 Å². The van der Waals surface area contributed by atoms with E-state index in [0.717, 1.165) is 6.42 Å². The molecule has 20 heavy (non-hydrogen) atoms. The molecule has 1 rings (SSSR count). The van der Waals surface area contributed by atoms with E-state index in [2.05, 4.69) is 32.2 Å². The van der Waals surface area contributed by atoms with Gasteiger partial charge in [-0.15, -0.1) is 0 Å². The smallest absolute Gasteiger partial charge is 0.329 e. The van der Waals surface area contributed by atoms with Crippen LogP contribution in [0.4, 0.5) is 4.79 Å².